The van der Waals surface area contributed by atoms with Gasteiger partial charge in [0.25, 0.3) is 0 Å². The second kappa shape index (κ2) is 49.3. The Morgan fingerprint density at radius 3 is 1.24 bits per heavy atom. The van der Waals surface area contributed by atoms with E-state index in [1.165, 1.54) is 199 Å². The van der Waals surface area contributed by atoms with Gasteiger partial charge in [-0.1, -0.05) is 238 Å². The molecule has 0 aromatic rings. The van der Waals surface area contributed by atoms with E-state index in [0.29, 0.717) is 25.9 Å². The molecule has 0 fully saturated rings. The van der Waals surface area contributed by atoms with Gasteiger partial charge in [0.1, 0.15) is 0 Å². The van der Waals surface area contributed by atoms with Crippen LogP contribution in [0.2, 0.25) is 0 Å². The zero-order chi connectivity index (χ0) is 43.0. The van der Waals surface area contributed by atoms with E-state index in [9.17, 15) is 19.8 Å². The highest BCUT2D eigenvalue weighted by Crippen LogP contribution is 2.17. The summed E-state index contributed by atoms with van der Waals surface area (Å²) in [5.74, 6) is -0.0840. The predicted octanol–water partition coefficient (Wildman–Crippen LogP) is 15.7. The lowest BCUT2D eigenvalue weighted by Gasteiger charge is -2.22. The van der Waals surface area contributed by atoms with E-state index in [0.717, 1.165) is 57.8 Å². The first-order valence-electron chi connectivity index (χ1n) is 26.4. The maximum atomic E-state index is 12.5. The summed E-state index contributed by atoms with van der Waals surface area (Å²) >= 11 is 0. The topological polar surface area (TPSA) is 95.9 Å². The highest BCUT2D eigenvalue weighted by molar-refractivity contribution is 5.76. The van der Waals surface area contributed by atoms with Crippen molar-refractivity contribution in [2.45, 2.75) is 302 Å². The minimum absolute atomic E-state index is 0.0281. The van der Waals surface area contributed by atoms with E-state index < -0.39 is 12.1 Å². The molecule has 0 saturated heterocycles. The second-order valence-corrected chi connectivity index (χ2v) is 18.2. The number of hydrogen-bond acceptors (Lipinski definition) is 5. The molecule has 0 heterocycles. The smallest absolute Gasteiger partial charge is 0.305 e. The monoisotopic (exact) mass is 834 g/mol. The third-order valence-electron chi connectivity index (χ3n) is 12.3. The Hall–Kier alpha value is -1.40. The maximum Gasteiger partial charge on any atom is 0.305 e. The summed E-state index contributed by atoms with van der Waals surface area (Å²) in [6.07, 6.45) is 56.1. The number of carbonyl (C=O) groups is 2. The summed E-state index contributed by atoms with van der Waals surface area (Å²) in [6, 6.07) is -0.558. The molecule has 6 nitrogen and oxygen atoms in total. The molecule has 0 rings (SSSR count). The molecule has 0 spiro atoms. The van der Waals surface area contributed by atoms with Gasteiger partial charge in [-0.25, -0.2) is 0 Å². The van der Waals surface area contributed by atoms with Gasteiger partial charge in [0, 0.05) is 12.8 Å². The summed E-state index contributed by atoms with van der Waals surface area (Å²) in [5, 5.41) is 23.3. The Morgan fingerprint density at radius 1 is 0.458 bits per heavy atom. The molecule has 0 aliphatic heterocycles. The van der Waals surface area contributed by atoms with E-state index in [1.54, 1.807) is 0 Å². The fourth-order valence-corrected chi connectivity index (χ4v) is 8.22. The minimum Gasteiger partial charge on any atom is -0.466 e. The van der Waals surface area contributed by atoms with Gasteiger partial charge in [-0.05, 0) is 51.4 Å². The normalized spacial score (nSPS) is 12.7. The summed E-state index contributed by atoms with van der Waals surface area (Å²) in [4.78, 5) is 24.5. The first kappa shape index (κ1) is 57.6. The molecule has 0 aromatic heterocycles. The minimum atomic E-state index is -0.679. The van der Waals surface area contributed by atoms with Gasteiger partial charge in [0.15, 0.2) is 0 Å². The van der Waals surface area contributed by atoms with Crippen molar-refractivity contribution >= 4 is 11.9 Å². The summed E-state index contributed by atoms with van der Waals surface area (Å²) < 4.78 is 5.44. The number of aliphatic hydroxyl groups is 2. The lowest BCUT2D eigenvalue weighted by atomic mass is 10.0. The van der Waals surface area contributed by atoms with Crippen molar-refractivity contribution in [2.75, 3.05) is 13.2 Å². The van der Waals surface area contributed by atoms with Crippen LogP contribution in [-0.2, 0) is 14.3 Å². The molecule has 6 heteroatoms. The zero-order valence-corrected chi connectivity index (χ0v) is 39.7. The molecule has 0 aliphatic carbocycles. The maximum absolute atomic E-state index is 12.5. The predicted molar refractivity (Wildman–Crippen MR) is 255 cm³/mol. The van der Waals surface area contributed by atoms with Gasteiger partial charge in [-0.3, -0.25) is 9.59 Å². The number of nitrogens with one attached hydrogen (secondary N) is 1. The molecule has 0 bridgehead atoms. The number of carbonyl (C=O) groups excluding carboxylic acids is 2. The molecular weight excluding hydrogens is 731 g/mol. The molecule has 59 heavy (non-hydrogen) atoms. The van der Waals surface area contributed by atoms with Crippen LogP contribution in [0, 0.1) is 0 Å². The Labute approximate surface area is 368 Å². The lowest BCUT2D eigenvalue weighted by molar-refractivity contribution is -0.143. The highest BCUT2D eigenvalue weighted by Gasteiger charge is 2.20. The number of unbranched alkanes of at least 4 members (excludes halogenated alkanes) is 36. The fourth-order valence-electron chi connectivity index (χ4n) is 8.22. The Morgan fingerprint density at radius 2 is 0.797 bits per heavy atom. The molecule has 350 valence electrons. The number of hydrogen-bond donors (Lipinski definition) is 3. The van der Waals surface area contributed by atoms with Gasteiger partial charge in [-0.2, -0.15) is 0 Å². The fraction of sp³-hybridized carbons (Fsp3) is 0.925. The van der Waals surface area contributed by atoms with E-state index >= 15 is 0 Å². The van der Waals surface area contributed by atoms with Crippen molar-refractivity contribution < 1.29 is 24.5 Å². The standard InChI is InChI=1S/C53H103NO5/c1-3-5-7-9-11-13-15-17-18-19-20-21-22-23-24-25-29-33-37-41-45-51(56)50(49-55)54-52(57)46-42-38-34-30-27-28-32-36-40-44-48-59-53(58)47-43-39-35-31-26-16-14-12-10-8-6-4-2/h12,14,50-51,55-56H,3-11,13,15-49H2,1-2H3,(H,54,57)/b14-12-. The first-order chi connectivity index (χ1) is 29.0. The lowest BCUT2D eigenvalue weighted by Crippen LogP contribution is -2.45. The van der Waals surface area contributed by atoms with E-state index in [4.69, 9.17) is 4.74 Å². The Kier molecular flexibility index (Phi) is 48.1. The number of aliphatic hydroxyl groups excluding tert-OH is 2. The molecule has 1 amide bonds. The van der Waals surface area contributed by atoms with Crippen LogP contribution in [0.3, 0.4) is 0 Å². The number of allylic oxidation sites excluding steroid dienone is 2. The first-order valence-corrected chi connectivity index (χ1v) is 26.4. The van der Waals surface area contributed by atoms with Crippen molar-refractivity contribution in [1.29, 1.82) is 0 Å². The highest BCUT2D eigenvalue weighted by atomic mass is 16.5. The van der Waals surface area contributed by atoms with Crippen LogP contribution in [-0.4, -0.2) is 47.4 Å². The van der Waals surface area contributed by atoms with Gasteiger partial charge in [0.2, 0.25) is 5.91 Å². The van der Waals surface area contributed by atoms with Crippen LogP contribution in [0.1, 0.15) is 290 Å². The quantitative estimate of drug-likeness (QED) is 0.0322. The number of esters is 1. The van der Waals surface area contributed by atoms with Gasteiger partial charge >= 0.3 is 5.97 Å². The summed E-state index contributed by atoms with van der Waals surface area (Å²) in [5.41, 5.74) is 0. The van der Waals surface area contributed by atoms with Crippen molar-refractivity contribution in [1.82, 2.24) is 5.32 Å². The van der Waals surface area contributed by atoms with Gasteiger partial charge in [-0.15, -0.1) is 0 Å². The van der Waals surface area contributed by atoms with Crippen molar-refractivity contribution in [3.8, 4) is 0 Å². The molecule has 2 atom stereocenters. The molecule has 0 aromatic carbocycles. The number of rotatable bonds is 49. The van der Waals surface area contributed by atoms with Crippen LogP contribution in [0.5, 0.6) is 0 Å². The van der Waals surface area contributed by atoms with E-state index in [1.807, 2.05) is 0 Å². The zero-order valence-electron chi connectivity index (χ0n) is 39.7. The number of ether oxygens (including phenoxy) is 1. The van der Waals surface area contributed by atoms with Crippen molar-refractivity contribution in [3.63, 3.8) is 0 Å². The molecule has 0 radical (unpaired) electrons. The van der Waals surface area contributed by atoms with Crippen LogP contribution < -0.4 is 5.32 Å². The Bertz CT molecular complexity index is 878. The van der Waals surface area contributed by atoms with Crippen LogP contribution in [0.15, 0.2) is 12.2 Å². The van der Waals surface area contributed by atoms with Gasteiger partial charge in [0.05, 0.1) is 25.4 Å². The molecule has 2 unspecified atom stereocenters. The molecule has 0 saturated carbocycles. The van der Waals surface area contributed by atoms with Crippen molar-refractivity contribution in [2.24, 2.45) is 0 Å². The summed E-state index contributed by atoms with van der Waals surface area (Å²) in [7, 11) is 0. The summed E-state index contributed by atoms with van der Waals surface area (Å²) in [6.45, 7) is 4.89. The third-order valence-corrected chi connectivity index (χ3v) is 12.3. The van der Waals surface area contributed by atoms with Crippen LogP contribution >= 0.6 is 0 Å². The largest absolute Gasteiger partial charge is 0.466 e. The van der Waals surface area contributed by atoms with Crippen LogP contribution in [0.4, 0.5) is 0 Å². The third kappa shape index (κ3) is 45.9. The van der Waals surface area contributed by atoms with E-state index in [2.05, 4.69) is 31.3 Å². The molecule has 0 aliphatic rings. The van der Waals surface area contributed by atoms with Gasteiger partial charge < -0.3 is 20.3 Å². The van der Waals surface area contributed by atoms with E-state index in [-0.39, 0.29) is 18.5 Å². The average Bonchev–Trinajstić information content (AvgIpc) is 3.24. The van der Waals surface area contributed by atoms with Crippen molar-refractivity contribution in [3.05, 3.63) is 12.2 Å². The van der Waals surface area contributed by atoms with Crippen LogP contribution in [0.25, 0.3) is 0 Å². The average molecular weight is 834 g/mol. The molecular formula is C53H103NO5. The second-order valence-electron chi connectivity index (χ2n) is 18.2. The molecule has 3 N–H and O–H groups in total. The SMILES string of the molecule is CCCCC/C=C\CCCCCCCC(=O)OCCCCCCCCCCCCC(=O)NC(CO)C(O)CCCCCCCCCCCCCCCCCCCCCC. The number of amides is 1. The Balaban J connectivity index is 3.48.